The number of ketones is 1. The van der Waals surface area contributed by atoms with Crippen molar-refractivity contribution < 1.29 is 4.79 Å². The van der Waals surface area contributed by atoms with Crippen LogP contribution in [0.15, 0.2) is 29.2 Å². The van der Waals surface area contributed by atoms with E-state index in [0.717, 1.165) is 26.1 Å². The summed E-state index contributed by atoms with van der Waals surface area (Å²) in [6.07, 6.45) is 0.739. The zero-order chi connectivity index (χ0) is 12.5. The Hall–Kier alpha value is -0.800. The zero-order valence-electron chi connectivity index (χ0n) is 10.8. The van der Waals surface area contributed by atoms with Gasteiger partial charge in [-0.3, -0.25) is 4.79 Å². The fourth-order valence-corrected chi connectivity index (χ4v) is 4.19. The first kappa shape index (κ1) is 12.2. The molecule has 2 nitrogen and oxygen atoms in total. The molecule has 96 valence electrons. The van der Waals surface area contributed by atoms with Gasteiger partial charge in [0.15, 0.2) is 0 Å². The van der Waals surface area contributed by atoms with Crippen LogP contribution in [-0.4, -0.2) is 36.1 Å². The third kappa shape index (κ3) is 2.34. The number of likely N-dealkylation sites (tertiary alicyclic amines) is 1. The summed E-state index contributed by atoms with van der Waals surface area (Å²) in [6, 6.07) is 8.75. The molecule has 0 bridgehead atoms. The highest BCUT2D eigenvalue weighted by molar-refractivity contribution is 7.99. The van der Waals surface area contributed by atoms with Gasteiger partial charge in [-0.15, -0.1) is 11.8 Å². The summed E-state index contributed by atoms with van der Waals surface area (Å²) in [5, 5.41) is 0. The number of carbonyl (C=O) groups is 1. The number of nitrogens with zero attached hydrogens (tertiary/aromatic N) is 1. The molecule has 2 aliphatic heterocycles. The monoisotopic (exact) mass is 261 g/mol. The number of hydrogen-bond donors (Lipinski definition) is 0. The number of carbonyl (C=O) groups excluding carboxylic acids is 1. The van der Waals surface area contributed by atoms with Gasteiger partial charge in [-0.1, -0.05) is 25.1 Å². The Bertz CT molecular complexity index is 460. The average Bonchev–Trinajstić information content (AvgIpc) is 2.78. The van der Waals surface area contributed by atoms with E-state index < -0.39 is 0 Å². The minimum Gasteiger partial charge on any atom is -0.302 e. The Balaban J connectivity index is 1.66. The summed E-state index contributed by atoms with van der Waals surface area (Å²) >= 11 is 1.97. The topological polar surface area (TPSA) is 20.3 Å². The first-order chi connectivity index (χ1) is 8.74. The van der Waals surface area contributed by atoms with Gasteiger partial charge in [-0.2, -0.15) is 0 Å². The lowest BCUT2D eigenvalue weighted by Gasteiger charge is -2.31. The second kappa shape index (κ2) is 5.06. The van der Waals surface area contributed by atoms with Gasteiger partial charge < -0.3 is 4.90 Å². The van der Waals surface area contributed by atoms with Gasteiger partial charge in [0, 0.05) is 48.5 Å². The van der Waals surface area contributed by atoms with Crippen molar-refractivity contribution in [2.24, 2.45) is 5.92 Å². The molecule has 2 heterocycles. The Morgan fingerprint density at radius 3 is 3.06 bits per heavy atom. The molecular weight excluding hydrogens is 242 g/mol. The molecule has 1 fully saturated rings. The molecule has 0 amide bonds. The molecule has 2 aliphatic rings. The van der Waals surface area contributed by atoms with Gasteiger partial charge in [0.2, 0.25) is 0 Å². The lowest BCUT2D eigenvalue weighted by atomic mass is 9.95. The summed E-state index contributed by atoms with van der Waals surface area (Å²) in [5.74, 6) is 2.50. The summed E-state index contributed by atoms with van der Waals surface area (Å²) in [5.41, 5.74) is 1.51. The molecule has 1 saturated heterocycles. The zero-order valence-corrected chi connectivity index (χ0v) is 11.6. The van der Waals surface area contributed by atoms with Crippen molar-refractivity contribution in [2.75, 3.05) is 25.4 Å². The molecule has 1 aromatic rings. The molecule has 2 unspecified atom stereocenters. The van der Waals surface area contributed by atoms with E-state index in [0.29, 0.717) is 11.7 Å². The van der Waals surface area contributed by atoms with Gasteiger partial charge in [-0.05, 0) is 11.6 Å². The summed E-state index contributed by atoms with van der Waals surface area (Å²) in [6.45, 7) is 5.07. The number of hydrogen-bond acceptors (Lipinski definition) is 3. The fraction of sp³-hybridized carbons (Fsp3) is 0.533. The SMILES string of the molecule is CC1CN(CC2CSc3ccccc32)CCC1=O. The van der Waals surface area contributed by atoms with Crippen molar-refractivity contribution >= 4 is 17.5 Å². The van der Waals surface area contributed by atoms with Crippen molar-refractivity contribution in [3.05, 3.63) is 29.8 Å². The smallest absolute Gasteiger partial charge is 0.138 e. The third-order valence-corrected chi connectivity index (χ3v) is 5.29. The van der Waals surface area contributed by atoms with E-state index in [1.165, 1.54) is 16.2 Å². The van der Waals surface area contributed by atoms with Crippen LogP contribution in [0.1, 0.15) is 24.8 Å². The molecule has 0 spiro atoms. The second-order valence-corrected chi connectivity index (χ2v) is 6.48. The van der Waals surface area contributed by atoms with Gasteiger partial charge >= 0.3 is 0 Å². The number of thioether (sulfide) groups is 1. The number of fused-ring (bicyclic) bond motifs is 1. The predicted molar refractivity (Wildman–Crippen MR) is 75.1 cm³/mol. The number of rotatable bonds is 2. The van der Waals surface area contributed by atoms with E-state index in [2.05, 4.69) is 36.1 Å². The lowest BCUT2D eigenvalue weighted by molar-refractivity contribution is -0.125. The van der Waals surface area contributed by atoms with E-state index in [9.17, 15) is 4.79 Å². The van der Waals surface area contributed by atoms with Gasteiger partial charge in [0.1, 0.15) is 5.78 Å². The van der Waals surface area contributed by atoms with E-state index in [1.54, 1.807) is 0 Å². The van der Waals surface area contributed by atoms with E-state index in [1.807, 2.05) is 11.8 Å². The number of Topliss-reactive ketones (excluding diaryl/α,β-unsaturated/α-hetero) is 1. The van der Waals surface area contributed by atoms with Crippen LogP contribution < -0.4 is 0 Å². The van der Waals surface area contributed by atoms with Crippen LogP contribution >= 0.6 is 11.8 Å². The minimum atomic E-state index is 0.225. The lowest BCUT2D eigenvalue weighted by Crippen LogP contribution is -2.41. The summed E-state index contributed by atoms with van der Waals surface area (Å²) < 4.78 is 0. The molecule has 0 radical (unpaired) electrons. The first-order valence-corrected chi connectivity index (χ1v) is 7.69. The van der Waals surface area contributed by atoms with E-state index >= 15 is 0 Å². The summed E-state index contributed by atoms with van der Waals surface area (Å²) in [4.78, 5) is 15.5. The van der Waals surface area contributed by atoms with Crippen LogP contribution in [0.25, 0.3) is 0 Å². The maximum Gasteiger partial charge on any atom is 0.138 e. The Kier molecular flexibility index (Phi) is 3.44. The number of benzene rings is 1. The molecular formula is C15H19NOS. The molecule has 1 aromatic carbocycles. The Morgan fingerprint density at radius 1 is 1.39 bits per heavy atom. The molecule has 3 heteroatoms. The highest BCUT2D eigenvalue weighted by Crippen LogP contribution is 2.39. The summed E-state index contributed by atoms with van der Waals surface area (Å²) in [7, 11) is 0. The molecule has 18 heavy (non-hydrogen) atoms. The standard InChI is InChI=1S/C15H19NOS/c1-11-8-16(7-6-14(11)17)9-12-10-18-15-5-3-2-4-13(12)15/h2-5,11-12H,6-10H2,1H3. The minimum absolute atomic E-state index is 0.225. The van der Waals surface area contributed by atoms with Crippen LogP contribution in [0.5, 0.6) is 0 Å². The van der Waals surface area contributed by atoms with Crippen molar-refractivity contribution in [1.82, 2.24) is 4.90 Å². The van der Waals surface area contributed by atoms with Crippen LogP contribution in [0, 0.1) is 5.92 Å². The van der Waals surface area contributed by atoms with Gasteiger partial charge in [0.05, 0.1) is 0 Å². The molecule has 0 saturated carbocycles. The van der Waals surface area contributed by atoms with Crippen molar-refractivity contribution in [3.63, 3.8) is 0 Å². The largest absolute Gasteiger partial charge is 0.302 e. The first-order valence-electron chi connectivity index (χ1n) is 6.71. The van der Waals surface area contributed by atoms with Crippen molar-refractivity contribution in [1.29, 1.82) is 0 Å². The normalized spacial score (nSPS) is 28.4. The average molecular weight is 261 g/mol. The van der Waals surface area contributed by atoms with E-state index in [-0.39, 0.29) is 5.92 Å². The molecule has 0 aliphatic carbocycles. The van der Waals surface area contributed by atoms with Crippen LogP contribution in [0.4, 0.5) is 0 Å². The Labute approximate surface area is 113 Å². The van der Waals surface area contributed by atoms with Gasteiger partial charge in [-0.25, -0.2) is 0 Å². The highest BCUT2D eigenvalue weighted by Gasteiger charge is 2.28. The molecule has 2 atom stereocenters. The molecule has 3 rings (SSSR count). The van der Waals surface area contributed by atoms with Gasteiger partial charge in [0.25, 0.3) is 0 Å². The molecule has 0 N–H and O–H groups in total. The van der Waals surface area contributed by atoms with Crippen LogP contribution in [0.3, 0.4) is 0 Å². The third-order valence-electron chi connectivity index (χ3n) is 4.03. The van der Waals surface area contributed by atoms with Crippen molar-refractivity contribution in [2.45, 2.75) is 24.2 Å². The van der Waals surface area contributed by atoms with Crippen LogP contribution in [-0.2, 0) is 4.79 Å². The number of piperidine rings is 1. The fourth-order valence-electron chi connectivity index (χ4n) is 2.95. The quantitative estimate of drug-likeness (QED) is 0.816. The molecule has 0 aromatic heterocycles. The Morgan fingerprint density at radius 2 is 2.22 bits per heavy atom. The maximum absolute atomic E-state index is 11.5. The predicted octanol–water partition coefficient (Wildman–Crippen LogP) is 2.79. The highest BCUT2D eigenvalue weighted by atomic mass is 32.2. The maximum atomic E-state index is 11.5. The van der Waals surface area contributed by atoms with Crippen LogP contribution in [0.2, 0.25) is 0 Å². The second-order valence-electron chi connectivity index (χ2n) is 5.42. The van der Waals surface area contributed by atoms with Crippen molar-refractivity contribution in [3.8, 4) is 0 Å². The van der Waals surface area contributed by atoms with E-state index in [4.69, 9.17) is 0 Å².